The highest BCUT2D eigenvalue weighted by Crippen LogP contribution is 2.60. The quantitative estimate of drug-likeness (QED) is 0.250. The molecular weight excluding hydrogens is 600 g/mol. The van der Waals surface area contributed by atoms with Crippen LogP contribution in [0.15, 0.2) is 84.4 Å². The van der Waals surface area contributed by atoms with Gasteiger partial charge in [-0.15, -0.1) is 0 Å². The van der Waals surface area contributed by atoms with Crippen LogP contribution >= 0.6 is 0 Å². The molecule has 7 nitrogen and oxygen atoms in total. The zero-order chi connectivity index (χ0) is 31.6. The van der Waals surface area contributed by atoms with Crippen LogP contribution in [-0.2, 0) is 19.7 Å². The largest absolute Gasteiger partial charge is 0.508 e. The molecule has 3 aromatic carbocycles. The molecule has 0 saturated heterocycles. The number of nitrogens with zero attached hydrogens (tertiary/aromatic N) is 2. The predicted molar refractivity (Wildman–Crippen MR) is 157 cm³/mol. The van der Waals surface area contributed by atoms with E-state index in [1.165, 1.54) is 18.2 Å². The van der Waals surface area contributed by atoms with Gasteiger partial charge in [0.05, 0.1) is 16.6 Å². The van der Waals surface area contributed by atoms with E-state index in [2.05, 4.69) is 0 Å². The zero-order valence-corrected chi connectivity index (χ0v) is 24.4. The minimum absolute atomic E-state index is 0.0255. The summed E-state index contributed by atoms with van der Waals surface area (Å²) in [6, 6.07) is 17.2. The number of hydroxylamine groups is 1. The molecule has 6 bridgehead atoms. The van der Waals surface area contributed by atoms with Crippen molar-refractivity contribution >= 4 is 38.5 Å². The Hall–Kier alpha value is -4.16. The Morgan fingerprint density at radius 2 is 1.66 bits per heavy atom. The molecule has 1 N–H and O–H groups in total. The molecule has 1 fully saturated rings. The molecule has 4 atom stereocenters. The summed E-state index contributed by atoms with van der Waals surface area (Å²) in [5, 5.41) is 9.66. The number of fused-ring (bicyclic) bond motifs is 3. The average Bonchev–Trinajstić information content (AvgIpc) is 3.49. The second kappa shape index (κ2) is 10.8. The lowest BCUT2D eigenvalue weighted by atomic mass is 9.83. The summed E-state index contributed by atoms with van der Waals surface area (Å²) in [6.45, 7) is 1.63. The molecule has 2 aliphatic heterocycles. The van der Waals surface area contributed by atoms with Gasteiger partial charge in [0.2, 0.25) is 10.0 Å². The van der Waals surface area contributed by atoms with Gasteiger partial charge in [-0.25, -0.2) is 12.8 Å². The van der Waals surface area contributed by atoms with Gasteiger partial charge in [0.15, 0.2) is 0 Å². The van der Waals surface area contributed by atoms with Crippen molar-refractivity contribution in [3.63, 3.8) is 0 Å². The van der Waals surface area contributed by atoms with Crippen molar-refractivity contribution in [1.82, 2.24) is 0 Å². The lowest BCUT2D eigenvalue weighted by molar-refractivity contribution is -0.124. The fourth-order valence-electron chi connectivity index (χ4n) is 6.54. The first kappa shape index (κ1) is 29.9. The zero-order valence-electron chi connectivity index (χ0n) is 23.6. The molecule has 1 saturated carbocycles. The van der Waals surface area contributed by atoms with Gasteiger partial charge >= 0.3 is 6.18 Å². The van der Waals surface area contributed by atoms with E-state index in [9.17, 15) is 35.9 Å². The van der Waals surface area contributed by atoms with Crippen LogP contribution in [0.2, 0.25) is 0 Å². The van der Waals surface area contributed by atoms with E-state index in [0.717, 1.165) is 40.5 Å². The fraction of sp³-hybridized carbons (Fsp3) is 0.281. The van der Waals surface area contributed by atoms with Gasteiger partial charge < -0.3 is 5.11 Å². The molecule has 3 aromatic rings. The van der Waals surface area contributed by atoms with Crippen LogP contribution in [0, 0.1) is 17.7 Å². The lowest BCUT2D eigenvalue weighted by Gasteiger charge is -2.34. The summed E-state index contributed by atoms with van der Waals surface area (Å²) in [5.74, 6) is -3.04. The maximum atomic E-state index is 14.3. The second-order valence-electron chi connectivity index (χ2n) is 11.4. The minimum atomic E-state index is -4.93. The Balaban J connectivity index is 1.53. The number of benzene rings is 3. The van der Waals surface area contributed by atoms with Gasteiger partial charge in [0.1, 0.15) is 24.2 Å². The first-order valence-electron chi connectivity index (χ1n) is 13.9. The number of alkyl halides is 3. The number of allylic oxidation sites excluding steroid dienone is 1. The summed E-state index contributed by atoms with van der Waals surface area (Å²) in [5.41, 5.74) is 3.26. The van der Waals surface area contributed by atoms with Crippen molar-refractivity contribution in [3.05, 3.63) is 101 Å². The molecule has 7 rings (SSSR count). The highest BCUT2D eigenvalue weighted by molar-refractivity contribution is 7.93. The van der Waals surface area contributed by atoms with Crippen LogP contribution in [0.5, 0.6) is 5.75 Å². The molecule has 0 aromatic heterocycles. The third-order valence-electron chi connectivity index (χ3n) is 8.17. The lowest BCUT2D eigenvalue weighted by Crippen LogP contribution is -2.47. The van der Waals surface area contributed by atoms with Crippen molar-refractivity contribution in [2.24, 2.45) is 11.8 Å². The van der Waals surface area contributed by atoms with E-state index >= 15 is 0 Å². The molecule has 2 heterocycles. The number of rotatable bonds is 6. The third-order valence-corrected chi connectivity index (χ3v) is 10.4. The Labute approximate surface area is 251 Å². The summed E-state index contributed by atoms with van der Waals surface area (Å²) in [6.07, 6.45) is -4.58. The fourth-order valence-corrected chi connectivity index (χ4v) is 8.71. The number of carbonyl (C=O) groups is 1. The van der Waals surface area contributed by atoms with Gasteiger partial charge in [-0.2, -0.15) is 18.2 Å². The standard InChI is InChI=1S/C32H28F4N2O5S/c1-18(2)14-27(40)38-22-10-6-19(7-11-22)28-25-16-26(30(31(25)43-38)29(28)20-8-12-24(39)13-9-20)44(41,42)37(17-32(34,35)36)23-5-3-4-21(33)15-23/h3-15,25-26,30-31,39H,16-17H2,1-2H3. The molecule has 12 heteroatoms. The number of aromatic hydroxyl groups is 1. The van der Waals surface area contributed by atoms with Gasteiger partial charge in [-0.05, 0) is 85.0 Å². The van der Waals surface area contributed by atoms with E-state index in [1.807, 2.05) is 0 Å². The summed E-state index contributed by atoms with van der Waals surface area (Å²) < 4.78 is 84.7. The van der Waals surface area contributed by atoms with E-state index in [-0.39, 0.29) is 16.5 Å². The number of phenolic OH excluding ortho intramolecular Hbond substituents is 1. The van der Waals surface area contributed by atoms with Crippen molar-refractivity contribution in [3.8, 4) is 5.75 Å². The van der Waals surface area contributed by atoms with Crippen LogP contribution in [0.1, 0.15) is 31.4 Å². The van der Waals surface area contributed by atoms with E-state index in [1.54, 1.807) is 50.2 Å². The SMILES string of the molecule is CC(C)=CC(=O)N1OC2C3CC(S(=O)(=O)N(CC(F)(F)F)c4cccc(F)c4)C2C(c2ccc(O)cc2)=C3c2ccc1cc2. The molecule has 0 spiro atoms. The van der Waals surface area contributed by atoms with Crippen LogP contribution < -0.4 is 9.37 Å². The topological polar surface area (TPSA) is 87.2 Å². The van der Waals surface area contributed by atoms with Gasteiger partial charge in [0.25, 0.3) is 5.91 Å². The number of sulfonamides is 1. The molecule has 2 aliphatic carbocycles. The summed E-state index contributed by atoms with van der Waals surface area (Å²) in [7, 11) is -4.81. The van der Waals surface area contributed by atoms with Gasteiger partial charge in [-0.3, -0.25) is 13.9 Å². The number of amides is 1. The first-order chi connectivity index (χ1) is 20.7. The van der Waals surface area contributed by atoms with E-state index in [0.29, 0.717) is 22.4 Å². The number of carbonyl (C=O) groups excluding carboxylic acids is 1. The van der Waals surface area contributed by atoms with E-state index < -0.39 is 63.3 Å². The number of halogens is 4. The Bertz CT molecular complexity index is 1780. The summed E-state index contributed by atoms with van der Waals surface area (Å²) in [4.78, 5) is 19.7. The normalized spacial score (nSPS) is 22.5. The smallest absolute Gasteiger partial charge is 0.407 e. The minimum Gasteiger partial charge on any atom is -0.508 e. The number of anilines is 2. The third kappa shape index (κ3) is 5.26. The molecule has 4 aliphatic rings. The van der Waals surface area contributed by atoms with E-state index in [4.69, 9.17) is 4.84 Å². The number of phenols is 1. The van der Waals surface area contributed by atoms with Crippen molar-refractivity contribution < 1.29 is 40.7 Å². The van der Waals surface area contributed by atoms with Crippen LogP contribution in [0.4, 0.5) is 28.9 Å². The van der Waals surface area contributed by atoms with Crippen LogP contribution in [-0.4, -0.2) is 43.5 Å². The van der Waals surface area contributed by atoms with Crippen LogP contribution in [0.25, 0.3) is 11.1 Å². The molecule has 44 heavy (non-hydrogen) atoms. The second-order valence-corrected chi connectivity index (χ2v) is 13.5. The maximum Gasteiger partial charge on any atom is 0.407 e. The van der Waals surface area contributed by atoms with Crippen molar-refractivity contribution in [1.29, 1.82) is 0 Å². The average molecular weight is 629 g/mol. The van der Waals surface area contributed by atoms with Gasteiger partial charge in [-0.1, -0.05) is 35.9 Å². The highest BCUT2D eigenvalue weighted by Gasteiger charge is 2.61. The van der Waals surface area contributed by atoms with Crippen molar-refractivity contribution in [2.75, 3.05) is 15.9 Å². The van der Waals surface area contributed by atoms with Gasteiger partial charge in [0, 0.05) is 17.9 Å². The Kier molecular flexibility index (Phi) is 7.32. The summed E-state index contributed by atoms with van der Waals surface area (Å²) >= 11 is 0. The molecule has 0 radical (unpaired) electrons. The maximum absolute atomic E-state index is 14.3. The number of hydrogen-bond acceptors (Lipinski definition) is 5. The van der Waals surface area contributed by atoms with Crippen LogP contribution in [0.3, 0.4) is 0 Å². The predicted octanol–water partition coefficient (Wildman–Crippen LogP) is 6.47. The highest BCUT2D eigenvalue weighted by atomic mass is 32.2. The monoisotopic (exact) mass is 628 g/mol. The number of hydrogen-bond donors (Lipinski definition) is 1. The molecule has 4 unspecified atom stereocenters. The molecule has 230 valence electrons. The molecule has 1 amide bonds. The van der Waals surface area contributed by atoms with Crippen molar-refractivity contribution in [2.45, 2.75) is 37.8 Å². The first-order valence-corrected chi connectivity index (χ1v) is 15.4. The molecular formula is C32H28F4N2O5S. The Morgan fingerprint density at radius 1 is 1.02 bits per heavy atom. The Morgan fingerprint density at radius 3 is 2.27 bits per heavy atom.